The van der Waals surface area contributed by atoms with Gasteiger partial charge in [-0.15, -0.1) is 13.2 Å². The van der Waals surface area contributed by atoms with Gasteiger partial charge in [0.25, 0.3) is 0 Å². The molecule has 92 valence electrons. The van der Waals surface area contributed by atoms with E-state index in [1.54, 1.807) is 6.07 Å². The molecule has 0 radical (unpaired) electrons. The van der Waals surface area contributed by atoms with Gasteiger partial charge in [0.2, 0.25) is 0 Å². The van der Waals surface area contributed by atoms with Crippen molar-refractivity contribution in [3.63, 3.8) is 0 Å². The Kier molecular flexibility index (Phi) is 4.64. The van der Waals surface area contributed by atoms with E-state index in [4.69, 9.17) is 5.26 Å². The molecule has 0 fully saturated rings. The largest absolute Gasteiger partial charge is 0.573 e. The van der Waals surface area contributed by atoms with Crippen molar-refractivity contribution in [3.05, 3.63) is 24.3 Å². The lowest BCUT2D eigenvalue weighted by Gasteiger charge is -2.10. The second kappa shape index (κ2) is 5.99. The molecule has 0 aliphatic carbocycles. The van der Waals surface area contributed by atoms with Gasteiger partial charge >= 0.3 is 6.36 Å². The van der Waals surface area contributed by atoms with Crippen LogP contribution in [0.15, 0.2) is 24.3 Å². The summed E-state index contributed by atoms with van der Waals surface area (Å²) in [6, 6.07) is 7.58. The highest BCUT2D eigenvalue weighted by Crippen LogP contribution is 2.24. The third-order valence-corrected chi connectivity index (χ3v) is 1.86. The van der Waals surface area contributed by atoms with E-state index in [2.05, 4.69) is 10.1 Å². The lowest BCUT2D eigenvalue weighted by Crippen LogP contribution is -2.17. The highest BCUT2D eigenvalue weighted by Gasteiger charge is 2.31. The number of halogens is 3. The SMILES string of the molecule is N#CCCCNc1cccc(OC(F)(F)F)c1. The van der Waals surface area contributed by atoms with E-state index in [-0.39, 0.29) is 5.75 Å². The van der Waals surface area contributed by atoms with Gasteiger partial charge < -0.3 is 10.1 Å². The molecule has 0 heterocycles. The molecule has 17 heavy (non-hydrogen) atoms. The maximum absolute atomic E-state index is 11.9. The Morgan fingerprint density at radius 1 is 1.35 bits per heavy atom. The fourth-order valence-corrected chi connectivity index (χ4v) is 1.20. The van der Waals surface area contributed by atoms with Crippen molar-refractivity contribution >= 4 is 5.69 Å². The first-order valence-corrected chi connectivity index (χ1v) is 4.98. The van der Waals surface area contributed by atoms with Crippen molar-refractivity contribution in [2.45, 2.75) is 19.2 Å². The number of hydrogen-bond acceptors (Lipinski definition) is 3. The van der Waals surface area contributed by atoms with E-state index in [9.17, 15) is 13.2 Å². The summed E-state index contributed by atoms with van der Waals surface area (Å²) in [6.07, 6.45) is -3.63. The first-order valence-electron chi connectivity index (χ1n) is 4.98. The van der Waals surface area contributed by atoms with Gasteiger partial charge in [0.05, 0.1) is 6.07 Å². The highest BCUT2D eigenvalue weighted by atomic mass is 19.4. The Labute approximate surface area is 96.8 Å². The number of ether oxygens (including phenoxy) is 1. The Bertz CT molecular complexity index is 398. The number of rotatable bonds is 5. The van der Waals surface area contributed by atoms with Crippen molar-refractivity contribution in [1.82, 2.24) is 0 Å². The predicted octanol–water partition coefficient (Wildman–Crippen LogP) is 3.30. The predicted molar refractivity (Wildman–Crippen MR) is 56.5 cm³/mol. The molecule has 1 rings (SSSR count). The smallest absolute Gasteiger partial charge is 0.406 e. The monoisotopic (exact) mass is 244 g/mol. The Balaban J connectivity index is 2.51. The van der Waals surface area contributed by atoms with Crippen LogP contribution in [0.4, 0.5) is 18.9 Å². The van der Waals surface area contributed by atoms with Crippen LogP contribution in [-0.4, -0.2) is 12.9 Å². The molecule has 0 amide bonds. The third-order valence-electron chi connectivity index (χ3n) is 1.86. The van der Waals surface area contributed by atoms with Crippen LogP contribution in [0, 0.1) is 11.3 Å². The summed E-state index contributed by atoms with van der Waals surface area (Å²) in [5, 5.41) is 11.2. The molecule has 1 N–H and O–H groups in total. The van der Waals surface area contributed by atoms with Gasteiger partial charge in [0.15, 0.2) is 0 Å². The van der Waals surface area contributed by atoms with E-state index in [0.717, 1.165) is 0 Å². The van der Waals surface area contributed by atoms with Crippen LogP contribution in [0.25, 0.3) is 0 Å². The van der Waals surface area contributed by atoms with Crippen LogP contribution >= 0.6 is 0 Å². The molecule has 6 heteroatoms. The zero-order chi connectivity index (χ0) is 12.7. The van der Waals surface area contributed by atoms with E-state index < -0.39 is 6.36 Å². The quantitative estimate of drug-likeness (QED) is 0.808. The van der Waals surface area contributed by atoms with E-state index >= 15 is 0 Å². The summed E-state index contributed by atoms with van der Waals surface area (Å²) in [6.45, 7) is 0.531. The van der Waals surface area contributed by atoms with Gasteiger partial charge in [-0.05, 0) is 18.6 Å². The van der Waals surface area contributed by atoms with Crippen molar-refractivity contribution in [2.24, 2.45) is 0 Å². The van der Waals surface area contributed by atoms with Gasteiger partial charge in [0.1, 0.15) is 5.75 Å². The second-order valence-electron chi connectivity index (χ2n) is 3.26. The molecule has 0 bridgehead atoms. The third kappa shape index (κ3) is 5.66. The van der Waals surface area contributed by atoms with Crippen molar-refractivity contribution in [3.8, 4) is 11.8 Å². The summed E-state index contributed by atoms with van der Waals surface area (Å²) in [7, 11) is 0. The summed E-state index contributed by atoms with van der Waals surface area (Å²) < 4.78 is 39.6. The maximum atomic E-state index is 11.9. The average Bonchev–Trinajstić information content (AvgIpc) is 2.23. The Morgan fingerprint density at radius 3 is 2.76 bits per heavy atom. The molecular weight excluding hydrogens is 233 g/mol. The first kappa shape index (κ1) is 13.2. The van der Waals surface area contributed by atoms with Crippen LogP contribution in [0.3, 0.4) is 0 Å². The maximum Gasteiger partial charge on any atom is 0.573 e. The van der Waals surface area contributed by atoms with E-state index in [0.29, 0.717) is 25.1 Å². The number of nitrogens with zero attached hydrogens (tertiary/aromatic N) is 1. The number of nitrogens with one attached hydrogen (secondary N) is 1. The number of hydrogen-bond donors (Lipinski definition) is 1. The summed E-state index contributed by atoms with van der Waals surface area (Å²) in [4.78, 5) is 0. The fourth-order valence-electron chi connectivity index (χ4n) is 1.20. The molecule has 1 aromatic carbocycles. The zero-order valence-corrected chi connectivity index (χ0v) is 8.92. The lowest BCUT2D eigenvalue weighted by atomic mass is 10.3. The molecule has 0 atom stereocenters. The number of benzene rings is 1. The van der Waals surface area contributed by atoms with Crippen LogP contribution in [0.1, 0.15) is 12.8 Å². The molecule has 3 nitrogen and oxygen atoms in total. The van der Waals surface area contributed by atoms with E-state index in [1.165, 1.54) is 18.2 Å². The van der Waals surface area contributed by atoms with Crippen molar-refractivity contribution in [2.75, 3.05) is 11.9 Å². The summed E-state index contributed by atoms with van der Waals surface area (Å²) >= 11 is 0. The summed E-state index contributed by atoms with van der Waals surface area (Å²) in [5.74, 6) is -0.261. The molecule has 0 spiro atoms. The first-order chi connectivity index (χ1) is 8.01. The lowest BCUT2D eigenvalue weighted by molar-refractivity contribution is -0.274. The molecule has 0 unspecified atom stereocenters. The van der Waals surface area contributed by atoms with Crippen LogP contribution in [0.2, 0.25) is 0 Å². The molecule has 1 aromatic rings. The number of anilines is 1. The molecule has 0 aromatic heterocycles. The highest BCUT2D eigenvalue weighted by molar-refractivity contribution is 5.48. The Morgan fingerprint density at radius 2 is 2.12 bits per heavy atom. The van der Waals surface area contributed by atoms with Gasteiger partial charge in [-0.25, -0.2) is 0 Å². The summed E-state index contributed by atoms with van der Waals surface area (Å²) in [5.41, 5.74) is 0.532. The molecule has 0 aliphatic heterocycles. The van der Waals surface area contributed by atoms with Crippen LogP contribution < -0.4 is 10.1 Å². The minimum absolute atomic E-state index is 0.261. The zero-order valence-electron chi connectivity index (χ0n) is 8.92. The van der Waals surface area contributed by atoms with E-state index in [1.807, 2.05) is 6.07 Å². The minimum Gasteiger partial charge on any atom is -0.406 e. The van der Waals surface area contributed by atoms with Gasteiger partial charge in [-0.2, -0.15) is 5.26 Å². The van der Waals surface area contributed by atoms with Crippen LogP contribution in [-0.2, 0) is 0 Å². The van der Waals surface area contributed by atoms with Crippen molar-refractivity contribution < 1.29 is 17.9 Å². The molecular formula is C11H11F3N2O. The van der Waals surface area contributed by atoms with Gasteiger partial charge in [-0.1, -0.05) is 6.07 Å². The average molecular weight is 244 g/mol. The van der Waals surface area contributed by atoms with Gasteiger partial charge in [0, 0.05) is 24.7 Å². The molecule has 0 saturated carbocycles. The number of nitriles is 1. The number of unbranched alkanes of at least 4 members (excludes halogenated alkanes) is 1. The van der Waals surface area contributed by atoms with Crippen molar-refractivity contribution in [1.29, 1.82) is 5.26 Å². The fraction of sp³-hybridized carbons (Fsp3) is 0.364. The Hall–Kier alpha value is -1.90. The normalized spacial score (nSPS) is 10.7. The van der Waals surface area contributed by atoms with Crippen LogP contribution in [0.5, 0.6) is 5.75 Å². The minimum atomic E-state index is -4.68. The van der Waals surface area contributed by atoms with Gasteiger partial charge in [-0.3, -0.25) is 0 Å². The molecule has 0 aliphatic rings. The molecule has 0 saturated heterocycles. The topological polar surface area (TPSA) is 45.0 Å². The standard InChI is InChI=1S/C11H11F3N2O/c12-11(13,14)17-10-5-3-4-9(8-10)16-7-2-1-6-15/h3-5,8,16H,1-2,7H2. The second-order valence-corrected chi connectivity index (χ2v) is 3.26. The number of alkyl halides is 3.